The molecule has 0 heterocycles. The Kier molecular flexibility index (Phi) is 8.62. The molecule has 0 aromatic rings. The zero-order chi connectivity index (χ0) is 11.7. The summed E-state index contributed by atoms with van der Waals surface area (Å²) in [6.07, 6.45) is 5.77. The maximum Gasteiger partial charge on any atom is 0.139 e. The van der Waals surface area contributed by atoms with Crippen LogP contribution in [-0.2, 0) is 9.63 Å². The summed E-state index contributed by atoms with van der Waals surface area (Å²) in [4.78, 5) is 16.2. The van der Waals surface area contributed by atoms with Crippen LogP contribution in [0.15, 0.2) is 0 Å². The lowest BCUT2D eigenvalue weighted by molar-refractivity contribution is -0.172. The molecule has 0 bridgehead atoms. The zero-order valence-electron chi connectivity index (χ0n) is 10.5. The van der Waals surface area contributed by atoms with Crippen LogP contribution in [0.1, 0.15) is 46.5 Å². The fourth-order valence-electron chi connectivity index (χ4n) is 1.61. The van der Waals surface area contributed by atoms with Crippen molar-refractivity contribution in [1.82, 2.24) is 5.06 Å². The third-order valence-electron chi connectivity index (χ3n) is 2.62. The summed E-state index contributed by atoms with van der Waals surface area (Å²) in [5, 5.41) is 1.80. The lowest BCUT2D eigenvalue weighted by Crippen LogP contribution is -2.40. The monoisotopic (exact) mass is 215 g/mol. The predicted molar refractivity (Wildman–Crippen MR) is 62.5 cm³/mol. The number of hydroxylamine groups is 2. The Morgan fingerprint density at radius 2 is 1.93 bits per heavy atom. The van der Waals surface area contributed by atoms with Crippen LogP contribution in [0.5, 0.6) is 0 Å². The molecular weight excluding hydrogens is 190 g/mol. The first-order valence-corrected chi connectivity index (χ1v) is 5.93. The van der Waals surface area contributed by atoms with Gasteiger partial charge in [-0.15, -0.1) is 0 Å². The SMILES string of the molecule is CCCCCCN(OC)[C@H](C=O)C(C)C. The summed E-state index contributed by atoms with van der Waals surface area (Å²) in [6, 6.07) is -0.114. The molecular formula is C12H25NO2. The van der Waals surface area contributed by atoms with E-state index in [0.717, 1.165) is 19.3 Å². The number of hydrogen-bond donors (Lipinski definition) is 0. The van der Waals surface area contributed by atoms with Gasteiger partial charge in [0, 0.05) is 6.54 Å². The molecule has 0 aliphatic rings. The molecule has 90 valence electrons. The Bertz CT molecular complexity index is 160. The number of aldehydes is 1. The van der Waals surface area contributed by atoms with Gasteiger partial charge in [0.25, 0.3) is 0 Å². The van der Waals surface area contributed by atoms with Crippen molar-refractivity contribution in [2.45, 2.75) is 52.5 Å². The number of carbonyl (C=O) groups excluding carboxylic acids is 1. The van der Waals surface area contributed by atoms with Crippen LogP contribution in [0.3, 0.4) is 0 Å². The molecule has 0 aromatic heterocycles. The van der Waals surface area contributed by atoms with Crippen LogP contribution in [0.4, 0.5) is 0 Å². The molecule has 0 N–H and O–H groups in total. The van der Waals surface area contributed by atoms with Gasteiger partial charge in [-0.3, -0.25) is 0 Å². The summed E-state index contributed by atoms with van der Waals surface area (Å²) < 4.78 is 0. The van der Waals surface area contributed by atoms with Crippen molar-refractivity contribution in [2.75, 3.05) is 13.7 Å². The van der Waals surface area contributed by atoms with Gasteiger partial charge in [-0.1, -0.05) is 40.0 Å². The van der Waals surface area contributed by atoms with Gasteiger partial charge in [-0.05, 0) is 12.3 Å². The van der Waals surface area contributed by atoms with Crippen molar-refractivity contribution in [3.8, 4) is 0 Å². The zero-order valence-corrected chi connectivity index (χ0v) is 10.5. The smallest absolute Gasteiger partial charge is 0.139 e. The van der Waals surface area contributed by atoms with Crippen molar-refractivity contribution in [3.63, 3.8) is 0 Å². The quantitative estimate of drug-likeness (QED) is 0.336. The van der Waals surface area contributed by atoms with Crippen LogP contribution in [0, 0.1) is 5.92 Å². The second-order valence-corrected chi connectivity index (χ2v) is 4.25. The van der Waals surface area contributed by atoms with Crippen molar-refractivity contribution in [1.29, 1.82) is 0 Å². The Hall–Kier alpha value is -0.410. The van der Waals surface area contributed by atoms with E-state index in [1.54, 1.807) is 12.2 Å². The topological polar surface area (TPSA) is 29.5 Å². The Labute approximate surface area is 93.7 Å². The number of carbonyl (C=O) groups is 1. The van der Waals surface area contributed by atoms with E-state index in [4.69, 9.17) is 4.84 Å². The average molecular weight is 215 g/mol. The summed E-state index contributed by atoms with van der Waals surface area (Å²) in [6.45, 7) is 7.11. The molecule has 0 saturated heterocycles. The predicted octanol–water partition coefficient (Wildman–Crippen LogP) is 2.65. The molecule has 0 amide bonds. The van der Waals surface area contributed by atoms with Crippen LogP contribution in [0.2, 0.25) is 0 Å². The molecule has 0 fully saturated rings. The molecule has 0 unspecified atom stereocenters. The number of unbranched alkanes of at least 4 members (excludes halogenated alkanes) is 3. The van der Waals surface area contributed by atoms with E-state index in [1.165, 1.54) is 19.3 Å². The standard InChI is InChI=1S/C12H25NO2/c1-5-6-7-8-9-13(15-4)12(10-14)11(2)3/h10-12H,5-9H2,1-4H3/t12-/m1/s1. The van der Waals surface area contributed by atoms with Gasteiger partial charge >= 0.3 is 0 Å². The molecule has 0 radical (unpaired) electrons. The van der Waals surface area contributed by atoms with Gasteiger partial charge in [0.2, 0.25) is 0 Å². The maximum atomic E-state index is 10.9. The molecule has 0 aliphatic carbocycles. The van der Waals surface area contributed by atoms with Crippen LogP contribution in [-0.4, -0.2) is 31.0 Å². The van der Waals surface area contributed by atoms with Crippen molar-refractivity contribution >= 4 is 6.29 Å². The summed E-state index contributed by atoms with van der Waals surface area (Å²) in [5.41, 5.74) is 0. The first-order chi connectivity index (χ1) is 7.17. The van der Waals surface area contributed by atoms with E-state index in [0.29, 0.717) is 5.92 Å². The Morgan fingerprint density at radius 1 is 1.27 bits per heavy atom. The molecule has 0 saturated carbocycles. The molecule has 15 heavy (non-hydrogen) atoms. The first kappa shape index (κ1) is 14.6. The maximum absolute atomic E-state index is 10.9. The fraction of sp³-hybridized carbons (Fsp3) is 0.917. The van der Waals surface area contributed by atoms with Gasteiger partial charge < -0.3 is 9.63 Å². The molecule has 0 spiro atoms. The summed E-state index contributed by atoms with van der Waals surface area (Å²) in [5.74, 6) is 0.300. The van der Waals surface area contributed by atoms with E-state index in [1.807, 2.05) is 13.8 Å². The van der Waals surface area contributed by atoms with E-state index in [2.05, 4.69) is 6.92 Å². The highest BCUT2D eigenvalue weighted by Gasteiger charge is 2.20. The molecule has 3 heteroatoms. The van der Waals surface area contributed by atoms with Crippen LogP contribution >= 0.6 is 0 Å². The van der Waals surface area contributed by atoms with E-state index < -0.39 is 0 Å². The largest absolute Gasteiger partial charge is 0.302 e. The van der Waals surface area contributed by atoms with Gasteiger partial charge in [0.05, 0.1) is 13.2 Å². The number of hydrogen-bond acceptors (Lipinski definition) is 3. The van der Waals surface area contributed by atoms with Crippen LogP contribution < -0.4 is 0 Å². The van der Waals surface area contributed by atoms with E-state index in [-0.39, 0.29) is 6.04 Å². The van der Waals surface area contributed by atoms with Crippen LogP contribution in [0.25, 0.3) is 0 Å². The third-order valence-corrected chi connectivity index (χ3v) is 2.62. The second-order valence-electron chi connectivity index (χ2n) is 4.25. The number of nitrogens with zero attached hydrogens (tertiary/aromatic N) is 1. The Balaban J connectivity index is 3.93. The van der Waals surface area contributed by atoms with Gasteiger partial charge in [-0.25, -0.2) is 0 Å². The highest BCUT2D eigenvalue weighted by molar-refractivity contribution is 5.57. The highest BCUT2D eigenvalue weighted by atomic mass is 16.7. The fourth-order valence-corrected chi connectivity index (χ4v) is 1.61. The first-order valence-electron chi connectivity index (χ1n) is 5.93. The third kappa shape index (κ3) is 5.90. The second kappa shape index (κ2) is 8.86. The molecule has 0 aromatic carbocycles. The molecule has 1 atom stereocenters. The van der Waals surface area contributed by atoms with Gasteiger partial charge in [0.1, 0.15) is 6.29 Å². The molecule has 0 aliphatic heterocycles. The minimum absolute atomic E-state index is 0.114. The van der Waals surface area contributed by atoms with E-state index >= 15 is 0 Å². The number of rotatable bonds is 9. The summed E-state index contributed by atoms with van der Waals surface area (Å²) in [7, 11) is 1.64. The lowest BCUT2D eigenvalue weighted by Gasteiger charge is -2.28. The van der Waals surface area contributed by atoms with Crippen molar-refractivity contribution < 1.29 is 9.63 Å². The highest BCUT2D eigenvalue weighted by Crippen LogP contribution is 2.10. The van der Waals surface area contributed by atoms with Gasteiger partial charge in [-0.2, -0.15) is 5.06 Å². The van der Waals surface area contributed by atoms with Crippen molar-refractivity contribution in [3.05, 3.63) is 0 Å². The summed E-state index contributed by atoms with van der Waals surface area (Å²) >= 11 is 0. The lowest BCUT2D eigenvalue weighted by atomic mass is 10.1. The Morgan fingerprint density at radius 3 is 2.33 bits per heavy atom. The van der Waals surface area contributed by atoms with E-state index in [9.17, 15) is 4.79 Å². The minimum Gasteiger partial charge on any atom is -0.302 e. The molecule has 3 nitrogen and oxygen atoms in total. The minimum atomic E-state index is -0.114. The molecule has 0 rings (SSSR count). The van der Waals surface area contributed by atoms with Gasteiger partial charge in [0.15, 0.2) is 0 Å². The normalized spacial score (nSPS) is 13.5. The van der Waals surface area contributed by atoms with Crippen molar-refractivity contribution in [2.24, 2.45) is 5.92 Å². The average Bonchev–Trinajstić information content (AvgIpc) is 2.22.